The highest BCUT2D eigenvalue weighted by Gasteiger charge is 2.31. The zero-order chi connectivity index (χ0) is 10.1. The van der Waals surface area contributed by atoms with Crippen molar-refractivity contribution in [3.8, 4) is 0 Å². The first-order valence-electron chi connectivity index (χ1n) is 5.05. The van der Waals surface area contributed by atoms with Crippen LogP contribution in [0.4, 0.5) is 0 Å². The van der Waals surface area contributed by atoms with Crippen molar-refractivity contribution in [2.45, 2.75) is 31.0 Å². The van der Waals surface area contributed by atoms with E-state index in [9.17, 15) is 0 Å². The van der Waals surface area contributed by atoms with Crippen molar-refractivity contribution >= 4 is 31.9 Å². The van der Waals surface area contributed by atoms with Gasteiger partial charge in [0.05, 0.1) is 0 Å². The van der Waals surface area contributed by atoms with Crippen LogP contribution in [0.1, 0.15) is 25.5 Å². The molecule has 1 nitrogen and oxygen atoms in total. The number of rotatable bonds is 2. The SMILES string of the molecule is CC1C(Br)CCC1Cc1ccc(Br)o1. The molecular weight excluding hydrogens is 308 g/mol. The van der Waals surface area contributed by atoms with E-state index >= 15 is 0 Å². The largest absolute Gasteiger partial charge is 0.454 e. The molecule has 3 unspecified atom stereocenters. The van der Waals surface area contributed by atoms with Crippen LogP contribution in [0.5, 0.6) is 0 Å². The van der Waals surface area contributed by atoms with E-state index in [-0.39, 0.29) is 0 Å². The summed E-state index contributed by atoms with van der Waals surface area (Å²) in [6.45, 7) is 2.33. The fraction of sp³-hybridized carbons (Fsp3) is 0.636. The highest BCUT2D eigenvalue weighted by Crippen LogP contribution is 2.38. The minimum Gasteiger partial charge on any atom is -0.454 e. The summed E-state index contributed by atoms with van der Waals surface area (Å²) in [6, 6.07) is 4.04. The molecule has 0 N–H and O–H groups in total. The van der Waals surface area contributed by atoms with Gasteiger partial charge in [-0.3, -0.25) is 0 Å². The second-order valence-electron chi connectivity index (χ2n) is 4.12. The lowest BCUT2D eigenvalue weighted by molar-refractivity contribution is 0.376. The topological polar surface area (TPSA) is 13.1 Å². The average molecular weight is 322 g/mol. The molecule has 1 aromatic rings. The van der Waals surface area contributed by atoms with E-state index in [1.807, 2.05) is 6.07 Å². The maximum atomic E-state index is 5.53. The monoisotopic (exact) mass is 320 g/mol. The van der Waals surface area contributed by atoms with Gasteiger partial charge in [0.1, 0.15) is 5.76 Å². The first-order valence-corrected chi connectivity index (χ1v) is 6.76. The van der Waals surface area contributed by atoms with Crippen LogP contribution in [0.25, 0.3) is 0 Å². The molecule has 1 saturated carbocycles. The molecule has 1 aliphatic rings. The number of halogens is 2. The molecule has 1 aliphatic carbocycles. The van der Waals surface area contributed by atoms with Gasteiger partial charge in [0, 0.05) is 11.2 Å². The summed E-state index contributed by atoms with van der Waals surface area (Å²) in [6.07, 6.45) is 3.69. The Morgan fingerprint density at radius 1 is 1.43 bits per heavy atom. The van der Waals surface area contributed by atoms with Crippen molar-refractivity contribution in [3.63, 3.8) is 0 Å². The van der Waals surface area contributed by atoms with Crippen molar-refractivity contribution in [2.75, 3.05) is 0 Å². The summed E-state index contributed by atoms with van der Waals surface area (Å²) in [4.78, 5) is 0.700. The minimum atomic E-state index is 0.700. The quantitative estimate of drug-likeness (QED) is 0.736. The van der Waals surface area contributed by atoms with Crippen LogP contribution in [0.3, 0.4) is 0 Å². The second-order valence-corrected chi connectivity index (χ2v) is 6.08. The Hall–Kier alpha value is 0.240. The van der Waals surface area contributed by atoms with Gasteiger partial charge in [0.2, 0.25) is 0 Å². The van der Waals surface area contributed by atoms with Crippen molar-refractivity contribution in [1.82, 2.24) is 0 Å². The van der Waals surface area contributed by atoms with Gasteiger partial charge in [-0.05, 0) is 52.7 Å². The molecular formula is C11H14Br2O. The van der Waals surface area contributed by atoms with Crippen LogP contribution in [-0.2, 0) is 6.42 Å². The van der Waals surface area contributed by atoms with E-state index in [1.54, 1.807) is 0 Å². The van der Waals surface area contributed by atoms with Gasteiger partial charge in [-0.25, -0.2) is 0 Å². The molecule has 0 aromatic carbocycles. The van der Waals surface area contributed by atoms with E-state index in [1.165, 1.54) is 12.8 Å². The number of alkyl halides is 1. The summed E-state index contributed by atoms with van der Waals surface area (Å²) in [7, 11) is 0. The first kappa shape index (κ1) is 10.7. The predicted octanol–water partition coefficient (Wildman–Crippen LogP) is 4.39. The van der Waals surface area contributed by atoms with Gasteiger partial charge in [-0.1, -0.05) is 22.9 Å². The zero-order valence-corrected chi connectivity index (χ0v) is 11.3. The van der Waals surface area contributed by atoms with Gasteiger partial charge >= 0.3 is 0 Å². The maximum absolute atomic E-state index is 5.53. The Labute approximate surface area is 102 Å². The summed E-state index contributed by atoms with van der Waals surface area (Å²) < 4.78 is 6.37. The van der Waals surface area contributed by atoms with Crippen LogP contribution >= 0.6 is 31.9 Å². The van der Waals surface area contributed by atoms with Crippen molar-refractivity contribution in [3.05, 3.63) is 22.6 Å². The molecule has 2 rings (SSSR count). The maximum Gasteiger partial charge on any atom is 0.169 e. The van der Waals surface area contributed by atoms with Gasteiger partial charge in [0.25, 0.3) is 0 Å². The lowest BCUT2D eigenvalue weighted by Crippen LogP contribution is -2.12. The van der Waals surface area contributed by atoms with E-state index in [0.717, 1.165) is 28.7 Å². The third kappa shape index (κ3) is 2.25. The van der Waals surface area contributed by atoms with E-state index in [2.05, 4.69) is 44.8 Å². The van der Waals surface area contributed by atoms with E-state index in [4.69, 9.17) is 4.42 Å². The van der Waals surface area contributed by atoms with E-state index in [0.29, 0.717) is 4.83 Å². The molecule has 3 heteroatoms. The van der Waals surface area contributed by atoms with Crippen molar-refractivity contribution in [2.24, 2.45) is 11.8 Å². The third-order valence-electron chi connectivity index (χ3n) is 3.22. The predicted molar refractivity (Wildman–Crippen MR) is 64.7 cm³/mol. The first-order chi connectivity index (χ1) is 6.66. The molecule has 1 aromatic heterocycles. The number of furan rings is 1. The Morgan fingerprint density at radius 3 is 2.71 bits per heavy atom. The molecule has 0 aliphatic heterocycles. The summed E-state index contributed by atoms with van der Waals surface area (Å²) in [5.74, 6) is 2.65. The van der Waals surface area contributed by atoms with Crippen LogP contribution in [0.15, 0.2) is 21.2 Å². The Morgan fingerprint density at radius 2 is 2.21 bits per heavy atom. The van der Waals surface area contributed by atoms with Crippen LogP contribution < -0.4 is 0 Å². The Kier molecular flexibility index (Phi) is 3.38. The Bertz CT molecular complexity index is 308. The fourth-order valence-electron chi connectivity index (χ4n) is 2.20. The van der Waals surface area contributed by atoms with Crippen molar-refractivity contribution < 1.29 is 4.42 Å². The van der Waals surface area contributed by atoms with Gasteiger partial charge in [-0.15, -0.1) is 0 Å². The summed E-state index contributed by atoms with van der Waals surface area (Å²) >= 11 is 7.06. The highest BCUT2D eigenvalue weighted by atomic mass is 79.9. The molecule has 14 heavy (non-hydrogen) atoms. The molecule has 0 amide bonds. The average Bonchev–Trinajstić information content (AvgIpc) is 2.67. The molecule has 78 valence electrons. The zero-order valence-electron chi connectivity index (χ0n) is 8.17. The molecule has 0 spiro atoms. The van der Waals surface area contributed by atoms with Crippen molar-refractivity contribution in [1.29, 1.82) is 0 Å². The molecule has 1 fully saturated rings. The standard InChI is InChI=1S/C11H14Br2O/c1-7-8(2-4-10(7)12)6-9-3-5-11(13)14-9/h3,5,7-8,10H,2,4,6H2,1H3. The number of hydrogen-bond donors (Lipinski definition) is 0. The molecule has 0 saturated heterocycles. The molecule has 0 radical (unpaired) electrons. The lowest BCUT2D eigenvalue weighted by Gasteiger charge is -2.15. The molecule has 3 atom stereocenters. The smallest absolute Gasteiger partial charge is 0.169 e. The summed E-state index contributed by atoms with van der Waals surface area (Å²) in [5.41, 5.74) is 0. The number of hydrogen-bond acceptors (Lipinski definition) is 1. The normalized spacial score (nSPS) is 32.4. The minimum absolute atomic E-state index is 0.700. The highest BCUT2D eigenvalue weighted by molar-refractivity contribution is 9.10. The Balaban J connectivity index is 1.98. The van der Waals surface area contributed by atoms with Gasteiger partial charge in [-0.2, -0.15) is 0 Å². The van der Waals surface area contributed by atoms with Gasteiger partial charge in [0.15, 0.2) is 4.67 Å². The summed E-state index contributed by atoms with van der Waals surface area (Å²) in [5, 5.41) is 0. The van der Waals surface area contributed by atoms with Crippen LogP contribution in [0, 0.1) is 11.8 Å². The van der Waals surface area contributed by atoms with Gasteiger partial charge < -0.3 is 4.42 Å². The lowest BCUT2D eigenvalue weighted by atomic mass is 9.94. The van der Waals surface area contributed by atoms with Crippen LogP contribution in [0.2, 0.25) is 0 Å². The molecule has 0 bridgehead atoms. The fourth-order valence-corrected chi connectivity index (χ4v) is 3.24. The van der Waals surface area contributed by atoms with E-state index < -0.39 is 0 Å². The molecule has 1 heterocycles. The third-order valence-corrected chi connectivity index (χ3v) is 4.94. The van der Waals surface area contributed by atoms with Crippen LogP contribution in [-0.4, -0.2) is 4.83 Å². The second kappa shape index (κ2) is 4.40.